The van der Waals surface area contributed by atoms with Crippen molar-refractivity contribution >= 4 is 11.5 Å². The number of rotatable bonds is 0. The van der Waals surface area contributed by atoms with E-state index in [4.69, 9.17) is 0 Å². The molecule has 1 fully saturated rings. The summed E-state index contributed by atoms with van der Waals surface area (Å²) in [5.74, 6) is 0.250. The van der Waals surface area contributed by atoms with E-state index in [1.54, 1.807) is 6.20 Å². The summed E-state index contributed by atoms with van der Waals surface area (Å²) in [4.78, 5) is 16.2. The fourth-order valence-electron chi connectivity index (χ4n) is 2.45. The quantitative estimate of drug-likeness (QED) is 0.664. The van der Waals surface area contributed by atoms with Gasteiger partial charge in [0.15, 0.2) is 5.78 Å². The zero-order valence-corrected chi connectivity index (χ0v) is 9.02. The van der Waals surface area contributed by atoms with E-state index >= 15 is 0 Å². The normalized spacial score (nSPS) is 32.4. The van der Waals surface area contributed by atoms with Gasteiger partial charge in [0.05, 0.1) is 11.8 Å². The van der Waals surface area contributed by atoms with Crippen molar-refractivity contribution in [3.8, 4) is 0 Å². The molecule has 82 valence electrons. The molecule has 1 N–H and O–H groups in total. The van der Waals surface area contributed by atoms with Crippen LogP contribution in [-0.2, 0) is 4.79 Å². The molecule has 0 aromatic rings. The minimum absolute atomic E-state index is 0.162. The molecule has 0 bridgehead atoms. The molecule has 2 unspecified atom stereocenters. The van der Waals surface area contributed by atoms with Crippen molar-refractivity contribution in [3.05, 3.63) is 36.1 Å². The lowest BCUT2D eigenvalue weighted by Gasteiger charge is -2.27. The van der Waals surface area contributed by atoms with Crippen molar-refractivity contribution in [2.75, 3.05) is 0 Å². The highest BCUT2D eigenvalue weighted by Crippen LogP contribution is 2.24. The molecule has 0 spiro atoms. The van der Waals surface area contributed by atoms with E-state index in [0.29, 0.717) is 6.42 Å². The molecule has 0 amide bonds. The van der Waals surface area contributed by atoms with Crippen LogP contribution in [0.5, 0.6) is 0 Å². The summed E-state index contributed by atoms with van der Waals surface area (Å²) in [5.41, 5.74) is 1.85. The van der Waals surface area contributed by atoms with Crippen molar-refractivity contribution in [1.29, 1.82) is 0 Å². The monoisotopic (exact) mass is 214 g/mol. The molecule has 3 heteroatoms. The van der Waals surface area contributed by atoms with Gasteiger partial charge in [-0.1, -0.05) is 18.2 Å². The third kappa shape index (κ3) is 1.57. The van der Waals surface area contributed by atoms with Crippen LogP contribution in [0.15, 0.2) is 41.1 Å². The Kier molecular flexibility index (Phi) is 2.33. The van der Waals surface area contributed by atoms with E-state index in [0.717, 1.165) is 24.1 Å². The van der Waals surface area contributed by atoms with Gasteiger partial charge in [0, 0.05) is 24.2 Å². The van der Waals surface area contributed by atoms with E-state index in [1.165, 1.54) is 0 Å². The molecular formula is C13H14N2O. The number of carbonyl (C=O) groups excluding carboxylic acids is 1. The Balaban J connectivity index is 1.95. The van der Waals surface area contributed by atoms with Crippen LogP contribution < -0.4 is 5.32 Å². The Hall–Kier alpha value is -1.48. The second kappa shape index (κ2) is 3.83. The number of nitrogens with one attached hydrogen (secondary N) is 1. The van der Waals surface area contributed by atoms with Crippen LogP contribution in [0.25, 0.3) is 0 Å². The highest BCUT2D eigenvalue weighted by molar-refractivity contribution is 6.04. The molecule has 3 rings (SSSR count). The molecule has 0 aromatic heterocycles. The molecule has 16 heavy (non-hydrogen) atoms. The van der Waals surface area contributed by atoms with Gasteiger partial charge in [-0.25, -0.2) is 0 Å². The minimum atomic E-state index is 0.162. The summed E-state index contributed by atoms with van der Waals surface area (Å²) >= 11 is 0. The fourth-order valence-corrected chi connectivity index (χ4v) is 2.45. The largest absolute Gasteiger partial charge is 0.298 e. The third-order valence-corrected chi connectivity index (χ3v) is 3.33. The van der Waals surface area contributed by atoms with Crippen LogP contribution in [0.4, 0.5) is 0 Å². The summed E-state index contributed by atoms with van der Waals surface area (Å²) in [6, 6.07) is 0.346. The zero-order chi connectivity index (χ0) is 11.0. The third-order valence-electron chi connectivity index (χ3n) is 3.33. The molecule has 1 aliphatic heterocycles. The summed E-state index contributed by atoms with van der Waals surface area (Å²) in [6.07, 6.45) is 12.5. The Morgan fingerprint density at radius 3 is 3.25 bits per heavy atom. The van der Waals surface area contributed by atoms with E-state index in [1.807, 2.05) is 18.2 Å². The predicted molar refractivity (Wildman–Crippen MR) is 63.4 cm³/mol. The lowest BCUT2D eigenvalue weighted by atomic mass is 9.89. The van der Waals surface area contributed by atoms with Crippen molar-refractivity contribution in [1.82, 2.24) is 5.32 Å². The van der Waals surface area contributed by atoms with Crippen LogP contribution >= 0.6 is 0 Å². The Morgan fingerprint density at radius 1 is 1.38 bits per heavy atom. The van der Waals surface area contributed by atoms with Gasteiger partial charge in [-0.2, -0.15) is 0 Å². The molecule has 2 atom stereocenters. The van der Waals surface area contributed by atoms with Gasteiger partial charge in [-0.3, -0.25) is 15.1 Å². The van der Waals surface area contributed by atoms with Crippen molar-refractivity contribution < 1.29 is 4.79 Å². The van der Waals surface area contributed by atoms with E-state index in [9.17, 15) is 4.79 Å². The maximum absolute atomic E-state index is 11.8. The Bertz CT molecular complexity index is 443. The summed E-state index contributed by atoms with van der Waals surface area (Å²) in [7, 11) is 0. The topological polar surface area (TPSA) is 41.5 Å². The summed E-state index contributed by atoms with van der Waals surface area (Å²) in [5, 5.41) is 3.49. The van der Waals surface area contributed by atoms with E-state index in [-0.39, 0.29) is 17.9 Å². The average molecular weight is 214 g/mol. The first kappa shape index (κ1) is 9.73. The molecule has 3 aliphatic rings. The van der Waals surface area contributed by atoms with Gasteiger partial charge < -0.3 is 0 Å². The van der Waals surface area contributed by atoms with Crippen LogP contribution in [0, 0.1) is 0 Å². The predicted octanol–water partition coefficient (Wildman–Crippen LogP) is 1.53. The number of ketones is 1. The SMILES string of the molecule is O=C1CCCC2NC3C=CC=CC3=NC=C12. The molecule has 2 aliphatic carbocycles. The van der Waals surface area contributed by atoms with Gasteiger partial charge >= 0.3 is 0 Å². The first-order valence-electron chi connectivity index (χ1n) is 5.76. The smallest absolute Gasteiger partial charge is 0.161 e. The van der Waals surface area contributed by atoms with Crippen LogP contribution in [0.1, 0.15) is 19.3 Å². The molecule has 0 radical (unpaired) electrons. The molecule has 0 aromatic carbocycles. The maximum atomic E-state index is 11.8. The minimum Gasteiger partial charge on any atom is -0.298 e. The second-order valence-corrected chi connectivity index (χ2v) is 4.39. The highest BCUT2D eigenvalue weighted by atomic mass is 16.1. The molecule has 1 heterocycles. The second-order valence-electron chi connectivity index (χ2n) is 4.39. The summed E-state index contributed by atoms with van der Waals surface area (Å²) in [6.45, 7) is 0. The van der Waals surface area contributed by atoms with Crippen molar-refractivity contribution in [2.45, 2.75) is 31.3 Å². The standard InChI is InChI=1S/C13H14N2O/c16-13-7-3-6-10-9(13)8-14-11-4-1-2-5-12(11)15-10/h1-2,4-5,8,10,12,15H,3,6-7H2. The Morgan fingerprint density at radius 2 is 2.31 bits per heavy atom. The van der Waals surface area contributed by atoms with Crippen LogP contribution in [0.3, 0.4) is 0 Å². The first-order valence-corrected chi connectivity index (χ1v) is 5.76. The van der Waals surface area contributed by atoms with Gasteiger partial charge in [0.2, 0.25) is 0 Å². The number of carbonyl (C=O) groups is 1. The molecule has 3 nitrogen and oxygen atoms in total. The molecule has 0 saturated heterocycles. The van der Waals surface area contributed by atoms with Crippen LogP contribution in [-0.4, -0.2) is 23.6 Å². The van der Waals surface area contributed by atoms with Crippen molar-refractivity contribution in [3.63, 3.8) is 0 Å². The van der Waals surface area contributed by atoms with Crippen molar-refractivity contribution in [2.24, 2.45) is 4.99 Å². The molecular weight excluding hydrogens is 200 g/mol. The lowest BCUT2D eigenvalue weighted by Crippen LogP contribution is -2.44. The van der Waals surface area contributed by atoms with Gasteiger partial charge in [-0.15, -0.1) is 0 Å². The number of Topliss-reactive ketones (excluding diaryl/α,β-unsaturated/α-hetero) is 1. The Labute approximate surface area is 94.6 Å². The lowest BCUT2D eigenvalue weighted by molar-refractivity contribution is -0.116. The van der Waals surface area contributed by atoms with E-state index in [2.05, 4.69) is 16.4 Å². The number of hydrogen-bond donors (Lipinski definition) is 1. The maximum Gasteiger partial charge on any atom is 0.161 e. The van der Waals surface area contributed by atoms with E-state index < -0.39 is 0 Å². The van der Waals surface area contributed by atoms with Crippen LogP contribution in [0.2, 0.25) is 0 Å². The van der Waals surface area contributed by atoms with Gasteiger partial charge in [0.25, 0.3) is 0 Å². The number of fused-ring (bicyclic) bond motifs is 2. The number of allylic oxidation sites excluding steroid dienone is 2. The average Bonchev–Trinajstić information content (AvgIpc) is 2.48. The zero-order valence-electron chi connectivity index (χ0n) is 9.02. The molecule has 1 saturated carbocycles. The number of nitrogens with zero attached hydrogens (tertiary/aromatic N) is 1. The highest BCUT2D eigenvalue weighted by Gasteiger charge is 2.29. The first-order chi connectivity index (χ1) is 7.84. The summed E-state index contributed by atoms with van der Waals surface area (Å²) < 4.78 is 0. The number of aliphatic imine (C=N–C) groups is 1. The number of hydrogen-bond acceptors (Lipinski definition) is 3. The fraction of sp³-hybridized carbons (Fsp3) is 0.385. The van der Waals surface area contributed by atoms with Gasteiger partial charge in [0.1, 0.15) is 0 Å². The van der Waals surface area contributed by atoms with Gasteiger partial charge in [-0.05, 0) is 18.9 Å².